The molecule has 0 spiro atoms. The molecule has 0 unspecified atom stereocenters. The normalized spacial score (nSPS) is 10.4. The largest absolute Gasteiger partial charge is 0.475 e. The maximum absolute atomic E-state index is 12.8. The van der Waals surface area contributed by atoms with Gasteiger partial charge in [0.15, 0.2) is 11.6 Å². The van der Waals surface area contributed by atoms with Crippen molar-refractivity contribution in [2.45, 2.75) is 0 Å². The van der Waals surface area contributed by atoms with E-state index in [9.17, 15) is 13.6 Å². The maximum atomic E-state index is 12.8. The van der Waals surface area contributed by atoms with Gasteiger partial charge in [-0.3, -0.25) is 0 Å². The molecule has 2 rings (SSSR count). The number of rotatable bonds is 2. The van der Waals surface area contributed by atoms with Gasteiger partial charge in [-0.15, -0.1) is 0 Å². The molecule has 0 bridgehead atoms. The van der Waals surface area contributed by atoms with Crippen molar-refractivity contribution in [2.75, 3.05) is 0 Å². The Labute approximate surface area is 87.3 Å². The zero-order valence-corrected chi connectivity index (χ0v) is 7.65. The van der Waals surface area contributed by atoms with Crippen LogP contribution in [-0.2, 0) is 0 Å². The second-order valence-corrected chi connectivity index (χ2v) is 2.86. The van der Waals surface area contributed by atoms with Crippen molar-refractivity contribution in [3.05, 3.63) is 35.7 Å². The Kier molecular flexibility index (Phi) is 2.35. The predicted molar refractivity (Wildman–Crippen MR) is 46.6 cm³/mol. The Balaban J connectivity index is 2.42. The smallest absolute Gasteiger partial charge is 0.377 e. The predicted octanol–water partition coefficient (Wildman–Crippen LogP) is 1.71. The quantitative estimate of drug-likeness (QED) is 0.843. The van der Waals surface area contributed by atoms with E-state index in [0.29, 0.717) is 0 Å². The number of nitrogens with zero attached hydrogens (tertiary/aromatic N) is 2. The van der Waals surface area contributed by atoms with Gasteiger partial charge >= 0.3 is 5.97 Å². The van der Waals surface area contributed by atoms with Gasteiger partial charge in [0, 0.05) is 5.56 Å². The fraction of sp³-hybridized carbons (Fsp3) is 0. The van der Waals surface area contributed by atoms with Gasteiger partial charge in [-0.05, 0) is 23.4 Å². The van der Waals surface area contributed by atoms with Crippen molar-refractivity contribution in [2.24, 2.45) is 0 Å². The van der Waals surface area contributed by atoms with Crippen LogP contribution >= 0.6 is 0 Å². The lowest BCUT2D eigenvalue weighted by Gasteiger charge is -1.94. The van der Waals surface area contributed by atoms with Gasteiger partial charge in [0.1, 0.15) is 0 Å². The van der Waals surface area contributed by atoms with E-state index in [1.165, 1.54) is 6.07 Å². The lowest BCUT2D eigenvalue weighted by molar-refractivity contribution is 0.0680. The molecule has 1 heterocycles. The van der Waals surface area contributed by atoms with Crippen LogP contribution in [0.25, 0.3) is 11.5 Å². The first-order chi connectivity index (χ1) is 7.58. The highest BCUT2D eigenvalue weighted by Crippen LogP contribution is 2.19. The van der Waals surface area contributed by atoms with Crippen LogP contribution in [0.15, 0.2) is 22.7 Å². The highest BCUT2D eigenvalue weighted by atomic mass is 19.2. The molecule has 0 fully saturated rings. The van der Waals surface area contributed by atoms with Crippen LogP contribution in [0.2, 0.25) is 0 Å². The van der Waals surface area contributed by atoms with Crippen molar-refractivity contribution < 1.29 is 23.2 Å². The van der Waals surface area contributed by atoms with Crippen molar-refractivity contribution >= 4 is 5.97 Å². The van der Waals surface area contributed by atoms with Crippen molar-refractivity contribution in [3.8, 4) is 11.5 Å². The molecule has 1 aromatic carbocycles. The summed E-state index contributed by atoms with van der Waals surface area (Å²) in [5.41, 5.74) is 0.110. The molecular formula is C9H4F2N2O3. The Hall–Kier alpha value is -2.31. The molecule has 0 saturated heterocycles. The maximum Gasteiger partial charge on any atom is 0.377 e. The standard InChI is InChI=1S/C9H4F2N2O3/c10-5-2-1-4(3-6(5)11)8-12-7(9(14)15)13-16-8/h1-3H,(H,14,15). The lowest BCUT2D eigenvalue weighted by Crippen LogP contribution is -1.98. The molecule has 82 valence electrons. The molecular weight excluding hydrogens is 222 g/mol. The summed E-state index contributed by atoms with van der Waals surface area (Å²) in [4.78, 5) is 13.9. The fourth-order valence-electron chi connectivity index (χ4n) is 1.06. The SMILES string of the molecule is O=C(O)c1noc(-c2ccc(F)c(F)c2)n1. The molecule has 0 aliphatic rings. The third-order valence-electron chi connectivity index (χ3n) is 1.78. The van der Waals surface area contributed by atoms with E-state index < -0.39 is 23.4 Å². The number of halogens is 2. The summed E-state index contributed by atoms with van der Waals surface area (Å²) in [6.07, 6.45) is 0. The molecule has 0 saturated carbocycles. The summed E-state index contributed by atoms with van der Waals surface area (Å²) < 4.78 is 30.0. The zero-order chi connectivity index (χ0) is 11.7. The van der Waals surface area contributed by atoms with Crippen molar-refractivity contribution in [3.63, 3.8) is 0 Å². The number of aromatic nitrogens is 2. The molecule has 0 radical (unpaired) electrons. The number of carbonyl (C=O) groups is 1. The van der Waals surface area contributed by atoms with E-state index in [4.69, 9.17) is 5.11 Å². The van der Waals surface area contributed by atoms with Gasteiger partial charge in [-0.1, -0.05) is 0 Å². The molecule has 5 nitrogen and oxygen atoms in total. The first kappa shape index (κ1) is 10.2. The van der Waals surface area contributed by atoms with E-state index in [1.807, 2.05) is 0 Å². The van der Waals surface area contributed by atoms with Crippen LogP contribution in [0.4, 0.5) is 8.78 Å². The average Bonchev–Trinajstić information content (AvgIpc) is 2.71. The van der Waals surface area contributed by atoms with Crippen molar-refractivity contribution in [1.82, 2.24) is 10.1 Å². The number of carboxylic acid groups (broad SMARTS) is 1. The van der Waals surface area contributed by atoms with E-state index in [1.54, 1.807) is 0 Å². The van der Waals surface area contributed by atoms with Crippen LogP contribution in [0.1, 0.15) is 10.6 Å². The summed E-state index contributed by atoms with van der Waals surface area (Å²) in [5.74, 6) is -4.18. The summed E-state index contributed by atoms with van der Waals surface area (Å²) in [6.45, 7) is 0. The topological polar surface area (TPSA) is 76.2 Å². The minimum atomic E-state index is -1.36. The molecule has 1 aromatic heterocycles. The number of hydrogen-bond donors (Lipinski definition) is 1. The van der Waals surface area contributed by atoms with Gasteiger partial charge in [0.2, 0.25) is 0 Å². The summed E-state index contributed by atoms with van der Waals surface area (Å²) >= 11 is 0. The summed E-state index contributed by atoms with van der Waals surface area (Å²) in [7, 11) is 0. The minimum Gasteiger partial charge on any atom is -0.475 e. The number of carboxylic acids is 1. The van der Waals surface area contributed by atoms with Crippen LogP contribution in [0.3, 0.4) is 0 Å². The van der Waals surface area contributed by atoms with Gasteiger partial charge in [-0.25, -0.2) is 13.6 Å². The van der Waals surface area contributed by atoms with Crippen LogP contribution in [0, 0.1) is 11.6 Å². The highest BCUT2D eigenvalue weighted by Gasteiger charge is 2.15. The van der Waals surface area contributed by atoms with Gasteiger partial charge in [-0.2, -0.15) is 4.98 Å². The lowest BCUT2D eigenvalue weighted by atomic mass is 10.2. The minimum absolute atomic E-state index is 0.110. The first-order valence-corrected chi connectivity index (χ1v) is 4.10. The molecule has 16 heavy (non-hydrogen) atoms. The molecule has 0 aliphatic heterocycles. The molecule has 0 amide bonds. The Morgan fingerprint density at radius 2 is 2.06 bits per heavy atom. The van der Waals surface area contributed by atoms with Gasteiger partial charge in [0.05, 0.1) is 0 Å². The van der Waals surface area contributed by atoms with E-state index in [2.05, 4.69) is 14.7 Å². The Bertz CT molecular complexity index is 553. The average molecular weight is 226 g/mol. The third kappa shape index (κ3) is 1.74. The van der Waals surface area contributed by atoms with Gasteiger partial charge in [0.25, 0.3) is 11.7 Å². The fourth-order valence-corrected chi connectivity index (χ4v) is 1.06. The number of aromatic carboxylic acids is 1. The van der Waals surface area contributed by atoms with E-state index in [0.717, 1.165) is 12.1 Å². The van der Waals surface area contributed by atoms with Crippen LogP contribution in [0.5, 0.6) is 0 Å². The van der Waals surface area contributed by atoms with Gasteiger partial charge < -0.3 is 9.63 Å². The number of benzene rings is 1. The summed E-state index contributed by atoms with van der Waals surface area (Å²) in [6, 6.07) is 2.93. The Morgan fingerprint density at radius 3 is 2.62 bits per heavy atom. The van der Waals surface area contributed by atoms with Crippen molar-refractivity contribution in [1.29, 1.82) is 0 Å². The van der Waals surface area contributed by atoms with Crippen LogP contribution < -0.4 is 0 Å². The molecule has 0 atom stereocenters. The summed E-state index contributed by atoms with van der Waals surface area (Å²) in [5, 5.41) is 11.7. The monoisotopic (exact) mass is 226 g/mol. The first-order valence-electron chi connectivity index (χ1n) is 4.10. The molecule has 2 aromatic rings. The number of hydrogen-bond acceptors (Lipinski definition) is 4. The van der Waals surface area contributed by atoms with E-state index >= 15 is 0 Å². The third-order valence-corrected chi connectivity index (χ3v) is 1.78. The molecule has 1 N–H and O–H groups in total. The molecule has 7 heteroatoms. The second kappa shape index (κ2) is 3.69. The Morgan fingerprint density at radius 1 is 1.31 bits per heavy atom. The van der Waals surface area contributed by atoms with E-state index in [-0.39, 0.29) is 11.5 Å². The van der Waals surface area contributed by atoms with Crippen LogP contribution in [-0.4, -0.2) is 21.2 Å². The second-order valence-electron chi connectivity index (χ2n) is 2.86. The zero-order valence-electron chi connectivity index (χ0n) is 7.65. The molecule has 0 aliphatic carbocycles. The highest BCUT2D eigenvalue weighted by molar-refractivity contribution is 5.83.